The average Bonchev–Trinajstić information content (AvgIpc) is 3.43. The van der Waals surface area contributed by atoms with Crippen molar-refractivity contribution in [3.63, 3.8) is 0 Å². The molecule has 0 saturated carbocycles. The second kappa shape index (κ2) is 7.55. The van der Waals surface area contributed by atoms with Crippen LogP contribution in [0.3, 0.4) is 0 Å². The number of anilines is 1. The summed E-state index contributed by atoms with van der Waals surface area (Å²) in [5.74, 6) is 0.378. The van der Waals surface area contributed by atoms with E-state index in [0.29, 0.717) is 24.5 Å². The lowest BCUT2D eigenvalue weighted by Gasteiger charge is -2.24. The smallest absolute Gasteiger partial charge is 0.274 e. The van der Waals surface area contributed by atoms with Gasteiger partial charge in [-0.3, -0.25) is 9.59 Å². The Labute approximate surface area is 172 Å². The lowest BCUT2D eigenvalue weighted by Crippen LogP contribution is -2.42. The molecule has 8 heteroatoms. The Kier molecular flexibility index (Phi) is 4.59. The number of carbonyl (C=O) groups excluding carboxylic acids is 2. The maximum atomic E-state index is 12.9. The Morgan fingerprint density at radius 3 is 2.67 bits per heavy atom. The molecule has 0 saturated heterocycles. The third-order valence-corrected chi connectivity index (χ3v) is 5.28. The van der Waals surface area contributed by atoms with Crippen LogP contribution in [0.25, 0.3) is 11.4 Å². The minimum Gasteiger partial charge on any atom is -0.332 e. The normalized spacial score (nSPS) is 15.9. The number of para-hydroxylation sites is 1. The van der Waals surface area contributed by atoms with Crippen molar-refractivity contribution >= 4 is 23.2 Å². The monoisotopic (exact) mass is 401 g/mol. The van der Waals surface area contributed by atoms with Crippen molar-refractivity contribution in [2.45, 2.75) is 19.3 Å². The molecular formula is C22H19N5O3. The first-order valence-electron chi connectivity index (χ1n) is 9.84. The number of fused-ring (bicyclic) bond motifs is 1. The predicted octanol–water partition coefficient (Wildman–Crippen LogP) is 2.65. The molecule has 0 atom stereocenters. The summed E-state index contributed by atoms with van der Waals surface area (Å²) in [6, 6.07) is 17.3. The molecule has 0 unspecified atom stereocenters. The molecule has 8 nitrogen and oxygen atoms in total. The van der Waals surface area contributed by atoms with E-state index in [0.717, 1.165) is 23.2 Å². The highest BCUT2D eigenvalue weighted by atomic mass is 16.5. The molecule has 2 aliphatic heterocycles. The van der Waals surface area contributed by atoms with Crippen molar-refractivity contribution in [2.75, 3.05) is 18.0 Å². The van der Waals surface area contributed by atoms with Crippen LogP contribution in [-0.2, 0) is 16.0 Å². The van der Waals surface area contributed by atoms with Gasteiger partial charge in [-0.05, 0) is 18.1 Å². The molecule has 0 aliphatic carbocycles. The maximum absolute atomic E-state index is 12.9. The summed E-state index contributed by atoms with van der Waals surface area (Å²) in [6.07, 6.45) is 1.45. The van der Waals surface area contributed by atoms with E-state index in [1.165, 1.54) is 5.01 Å². The Hall–Kier alpha value is -3.81. The van der Waals surface area contributed by atoms with Crippen molar-refractivity contribution in [1.29, 1.82) is 0 Å². The molecule has 30 heavy (non-hydrogen) atoms. The fraction of sp³-hybridized carbons (Fsp3) is 0.227. The van der Waals surface area contributed by atoms with Gasteiger partial charge in [-0.25, -0.2) is 5.01 Å². The van der Waals surface area contributed by atoms with Crippen molar-refractivity contribution in [3.8, 4) is 11.4 Å². The van der Waals surface area contributed by atoms with Gasteiger partial charge in [0.05, 0.1) is 0 Å². The van der Waals surface area contributed by atoms with Gasteiger partial charge in [0, 0.05) is 30.6 Å². The molecule has 1 aromatic heterocycles. The maximum Gasteiger partial charge on any atom is 0.274 e. The van der Waals surface area contributed by atoms with Crippen LogP contribution >= 0.6 is 0 Å². The van der Waals surface area contributed by atoms with Gasteiger partial charge in [0.25, 0.3) is 5.89 Å². The van der Waals surface area contributed by atoms with Crippen LogP contribution in [-0.4, -0.2) is 45.8 Å². The number of hydrogen-bond donors (Lipinski definition) is 0. The van der Waals surface area contributed by atoms with Gasteiger partial charge >= 0.3 is 0 Å². The highest BCUT2D eigenvalue weighted by Crippen LogP contribution is 2.28. The number of hydrazone groups is 1. The first-order chi connectivity index (χ1) is 14.7. The molecule has 150 valence electrons. The summed E-state index contributed by atoms with van der Waals surface area (Å²) in [5.41, 5.74) is 3.39. The molecule has 0 radical (unpaired) electrons. The van der Waals surface area contributed by atoms with E-state index in [-0.39, 0.29) is 30.7 Å². The van der Waals surface area contributed by atoms with Crippen LogP contribution in [0, 0.1) is 0 Å². The average molecular weight is 401 g/mol. The summed E-state index contributed by atoms with van der Waals surface area (Å²) in [5, 5.41) is 9.59. The lowest BCUT2D eigenvalue weighted by molar-refractivity contribution is -0.135. The van der Waals surface area contributed by atoms with Crippen molar-refractivity contribution in [2.24, 2.45) is 5.10 Å². The number of nitrogens with zero attached hydrogens (tertiary/aromatic N) is 5. The summed E-state index contributed by atoms with van der Waals surface area (Å²) in [6.45, 7) is 0.497. The molecule has 2 amide bonds. The molecule has 0 N–H and O–H groups in total. The molecule has 5 rings (SSSR count). The topological polar surface area (TPSA) is 91.9 Å². The highest BCUT2D eigenvalue weighted by Gasteiger charge is 2.30. The second-order valence-electron chi connectivity index (χ2n) is 7.21. The zero-order valence-electron chi connectivity index (χ0n) is 16.2. The van der Waals surface area contributed by atoms with E-state index in [4.69, 9.17) is 4.52 Å². The minimum atomic E-state index is -0.192. The molecule has 0 bridgehead atoms. The van der Waals surface area contributed by atoms with Crippen LogP contribution < -0.4 is 4.90 Å². The molecule has 3 heterocycles. The van der Waals surface area contributed by atoms with Gasteiger partial charge in [0.15, 0.2) is 0 Å². The summed E-state index contributed by atoms with van der Waals surface area (Å²) >= 11 is 0. The second-order valence-corrected chi connectivity index (χ2v) is 7.21. The number of carbonyl (C=O) groups is 2. The van der Waals surface area contributed by atoms with Crippen LogP contribution in [0.5, 0.6) is 0 Å². The first-order valence-corrected chi connectivity index (χ1v) is 9.84. The van der Waals surface area contributed by atoms with E-state index in [2.05, 4.69) is 15.2 Å². The number of amides is 2. The third-order valence-electron chi connectivity index (χ3n) is 5.28. The van der Waals surface area contributed by atoms with Gasteiger partial charge < -0.3 is 9.42 Å². The van der Waals surface area contributed by atoms with E-state index >= 15 is 0 Å². The summed E-state index contributed by atoms with van der Waals surface area (Å²) in [4.78, 5) is 31.4. The third kappa shape index (κ3) is 3.36. The quantitative estimate of drug-likeness (QED) is 0.670. The number of benzene rings is 2. The first kappa shape index (κ1) is 18.2. The predicted molar refractivity (Wildman–Crippen MR) is 110 cm³/mol. The lowest BCUT2D eigenvalue weighted by atomic mass is 10.1. The van der Waals surface area contributed by atoms with E-state index in [9.17, 15) is 9.59 Å². The van der Waals surface area contributed by atoms with Gasteiger partial charge in [-0.1, -0.05) is 53.7 Å². The fourth-order valence-corrected chi connectivity index (χ4v) is 3.74. The zero-order valence-corrected chi connectivity index (χ0v) is 16.2. The Bertz CT molecular complexity index is 1140. The fourth-order valence-electron chi connectivity index (χ4n) is 3.74. The molecule has 2 aromatic carbocycles. The standard InChI is InChI=1S/C22H19N5O3/c28-19-11-10-17(22-23-21(25-30-22)16-7-2-1-3-8-16)24-27(19)14-20(29)26-13-12-15-6-4-5-9-18(15)26/h1-9H,10-14H2. The molecule has 0 spiro atoms. The van der Waals surface area contributed by atoms with E-state index < -0.39 is 0 Å². The number of rotatable bonds is 4. The molecule has 3 aromatic rings. The van der Waals surface area contributed by atoms with Crippen molar-refractivity contribution in [3.05, 3.63) is 66.1 Å². The highest BCUT2D eigenvalue weighted by molar-refractivity contribution is 6.03. The van der Waals surface area contributed by atoms with E-state index in [1.807, 2.05) is 54.6 Å². The largest absolute Gasteiger partial charge is 0.332 e. The van der Waals surface area contributed by atoms with Gasteiger partial charge in [-0.15, -0.1) is 0 Å². The Morgan fingerprint density at radius 2 is 1.80 bits per heavy atom. The Morgan fingerprint density at radius 1 is 1.00 bits per heavy atom. The van der Waals surface area contributed by atoms with Crippen LogP contribution in [0.4, 0.5) is 5.69 Å². The molecular weight excluding hydrogens is 382 g/mol. The molecule has 2 aliphatic rings. The van der Waals surface area contributed by atoms with Crippen molar-refractivity contribution < 1.29 is 14.1 Å². The van der Waals surface area contributed by atoms with Crippen LogP contribution in [0.2, 0.25) is 0 Å². The Balaban J connectivity index is 1.35. The number of aromatic nitrogens is 2. The van der Waals surface area contributed by atoms with E-state index in [1.54, 1.807) is 4.90 Å². The van der Waals surface area contributed by atoms with Crippen molar-refractivity contribution in [1.82, 2.24) is 15.1 Å². The number of hydrogen-bond acceptors (Lipinski definition) is 6. The van der Waals surface area contributed by atoms with Gasteiger partial charge in [-0.2, -0.15) is 10.1 Å². The molecule has 0 fully saturated rings. The van der Waals surface area contributed by atoms with Crippen LogP contribution in [0.15, 0.2) is 64.2 Å². The zero-order chi connectivity index (χ0) is 20.5. The SMILES string of the molecule is O=C1CCC(c2nc(-c3ccccc3)no2)=NN1CC(=O)N1CCc2ccccc21. The van der Waals surface area contributed by atoms with Gasteiger partial charge in [0.1, 0.15) is 12.3 Å². The van der Waals surface area contributed by atoms with Gasteiger partial charge in [0.2, 0.25) is 17.6 Å². The van der Waals surface area contributed by atoms with Crippen LogP contribution in [0.1, 0.15) is 24.3 Å². The summed E-state index contributed by atoms with van der Waals surface area (Å²) in [7, 11) is 0. The summed E-state index contributed by atoms with van der Waals surface area (Å²) < 4.78 is 5.37. The minimum absolute atomic E-state index is 0.115.